The quantitative estimate of drug-likeness (QED) is 0.356. The summed E-state index contributed by atoms with van der Waals surface area (Å²) in [5, 5.41) is 28.5. The van der Waals surface area contributed by atoms with Crippen LogP contribution in [0.15, 0.2) is 28.4 Å². The van der Waals surface area contributed by atoms with Gasteiger partial charge in [0.15, 0.2) is 12.0 Å². The average molecular weight is 298 g/mol. The lowest BCUT2D eigenvalue weighted by Crippen LogP contribution is -2.39. The second-order valence-electron chi connectivity index (χ2n) is 4.51. The Balaban J connectivity index is 2.50. The van der Waals surface area contributed by atoms with Gasteiger partial charge in [-0.05, 0) is 6.08 Å². The first-order chi connectivity index (χ1) is 9.90. The Morgan fingerprint density at radius 2 is 2.10 bits per heavy atom. The van der Waals surface area contributed by atoms with Crippen LogP contribution in [0.4, 0.5) is 0 Å². The van der Waals surface area contributed by atoms with E-state index in [0.717, 1.165) is 16.8 Å². The molecule has 1 aliphatic rings. The predicted octanol–water partition coefficient (Wildman–Crippen LogP) is -2.48. The number of ether oxygens (including phenoxy) is 1. The van der Waals surface area contributed by atoms with Gasteiger partial charge in [0.05, 0.1) is 6.61 Å². The van der Waals surface area contributed by atoms with Gasteiger partial charge in [-0.15, -0.1) is 0 Å². The Bertz CT molecular complexity index is 677. The van der Waals surface area contributed by atoms with Gasteiger partial charge in [-0.1, -0.05) is 6.58 Å². The maximum atomic E-state index is 11.8. The number of nitrogens with zero attached hydrogens (tertiary/aromatic N) is 1. The molecule has 4 N–H and O–H groups in total. The molecule has 0 amide bonds. The van der Waals surface area contributed by atoms with Crippen molar-refractivity contribution in [3.63, 3.8) is 0 Å². The van der Waals surface area contributed by atoms with Crippen LogP contribution >= 0.6 is 0 Å². The molecule has 0 radical (unpaired) electrons. The molecule has 1 aromatic heterocycles. The van der Waals surface area contributed by atoms with Crippen molar-refractivity contribution < 1.29 is 24.9 Å². The fourth-order valence-electron chi connectivity index (χ4n) is 2.07. The number of hydrogen-bond donors (Lipinski definition) is 4. The maximum absolute atomic E-state index is 11.8. The van der Waals surface area contributed by atoms with Gasteiger partial charge in [-0.3, -0.25) is 19.1 Å². The third-order valence-corrected chi connectivity index (χ3v) is 3.21. The van der Waals surface area contributed by atoms with Crippen molar-refractivity contribution in [1.29, 1.82) is 0 Å². The molecule has 0 aromatic carbocycles. The molecule has 1 aliphatic heterocycles. The van der Waals surface area contributed by atoms with Crippen LogP contribution in [0.2, 0.25) is 0 Å². The van der Waals surface area contributed by atoms with E-state index in [4.69, 9.17) is 9.84 Å². The molecule has 0 aliphatic carbocycles. The number of rotatable bonds is 4. The number of aliphatic hydroxyl groups excluding tert-OH is 3. The second kappa shape index (κ2) is 5.74. The van der Waals surface area contributed by atoms with Crippen LogP contribution in [-0.2, 0) is 4.74 Å². The zero-order valence-corrected chi connectivity index (χ0v) is 10.8. The highest BCUT2D eigenvalue weighted by Crippen LogP contribution is 2.27. The second-order valence-corrected chi connectivity index (χ2v) is 4.51. The van der Waals surface area contributed by atoms with Crippen molar-refractivity contribution in [1.82, 2.24) is 9.55 Å². The third-order valence-electron chi connectivity index (χ3n) is 3.21. The van der Waals surface area contributed by atoms with E-state index in [-0.39, 0.29) is 5.56 Å². The van der Waals surface area contributed by atoms with Gasteiger partial charge in [-0.25, -0.2) is 4.79 Å². The molecule has 114 valence electrons. The molecule has 0 bridgehead atoms. The summed E-state index contributed by atoms with van der Waals surface area (Å²) in [5.41, 5.74) is -2.18. The molecule has 2 unspecified atom stereocenters. The highest BCUT2D eigenvalue weighted by Gasteiger charge is 2.43. The van der Waals surface area contributed by atoms with Gasteiger partial charge in [0.1, 0.15) is 23.9 Å². The van der Waals surface area contributed by atoms with Crippen LogP contribution in [0.1, 0.15) is 16.6 Å². The van der Waals surface area contributed by atoms with E-state index < -0.39 is 48.2 Å². The number of nitrogens with one attached hydrogen (secondary N) is 1. The van der Waals surface area contributed by atoms with Crippen molar-refractivity contribution in [2.24, 2.45) is 0 Å². The number of ketones is 1. The largest absolute Gasteiger partial charge is 0.394 e. The first-order valence-electron chi connectivity index (χ1n) is 6.05. The predicted molar refractivity (Wildman–Crippen MR) is 68.9 cm³/mol. The highest BCUT2D eigenvalue weighted by molar-refractivity contribution is 6.03. The zero-order chi connectivity index (χ0) is 15.7. The number of carbonyl (C=O) groups is 1. The van der Waals surface area contributed by atoms with Crippen molar-refractivity contribution in [3.8, 4) is 0 Å². The van der Waals surface area contributed by atoms with Crippen molar-refractivity contribution in [3.05, 3.63) is 45.3 Å². The molecule has 2 heterocycles. The minimum Gasteiger partial charge on any atom is -0.394 e. The number of aromatic nitrogens is 2. The smallest absolute Gasteiger partial charge is 0.330 e. The lowest BCUT2D eigenvalue weighted by molar-refractivity contribution is -0.0550. The number of H-pyrrole nitrogens is 1. The number of aromatic amines is 1. The third kappa shape index (κ3) is 2.59. The minimum atomic E-state index is -1.50. The summed E-state index contributed by atoms with van der Waals surface area (Å²) in [6.07, 6.45) is -3.50. The molecule has 9 heteroatoms. The highest BCUT2D eigenvalue weighted by atomic mass is 16.6. The first kappa shape index (κ1) is 15.3. The molecule has 0 saturated carbocycles. The number of hydrogen-bond acceptors (Lipinski definition) is 7. The van der Waals surface area contributed by atoms with Crippen LogP contribution in [0.5, 0.6) is 0 Å². The lowest BCUT2D eigenvalue weighted by atomic mass is 10.1. The average Bonchev–Trinajstić information content (AvgIpc) is 2.74. The summed E-state index contributed by atoms with van der Waals surface area (Å²) in [6, 6.07) is 0. The monoisotopic (exact) mass is 298 g/mol. The summed E-state index contributed by atoms with van der Waals surface area (Å²) in [4.78, 5) is 36.8. The topological polar surface area (TPSA) is 142 Å². The van der Waals surface area contributed by atoms with E-state index in [9.17, 15) is 24.6 Å². The van der Waals surface area contributed by atoms with Crippen LogP contribution in [0.3, 0.4) is 0 Å². The SMILES string of the molecule is C=CC(=O)c1cn([C@H]2O[C@@H](CO)C(O)C2O)c(=O)[nH]c1=O. The van der Waals surface area contributed by atoms with E-state index in [2.05, 4.69) is 6.58 Å². The number of aliphatic hydroxyl groups is 3. The Kier molecular flexibility index (Phi) is 4.19. The fourth-order valence-corrected chi connectivity index (χ4v) is 2.07. The molecule has 1 fully saturated rings. The lowest BCUT2D eigenvalue weighted by Gasteiger charge is -2.17. The Morgan fingerprint density at radius 1 is 1.43 bits per heavy atom. The molecule has 1 saturated heterocycles. The van der Waals surface area contributed by atoms with Crippen LogP contribution in [-0.4, -0.2) is 55.6 Å². The van der Waals surface area contributed by atoms with E-state index in [1.165, 1.54) is 0 Å². The Morgan fingerprint density at radius 3 is 2.62 bits per heavy atom. The molecular formula is C12H14N2O7. The van der Waals surface area contributed by atoms with Crippen molar-refractivity contribution >= 4 is 5.78 Å². The van der Waals surface area contributed by atoms with Gasteiger partial charge in [-0.2, -0.15) is 0 Å². The van der Waals surface area contributed by atoms with Crippen LogP contribution in [0, 0.1) is 0 Å². The summed E-state index contributed by atoms with van der Waals surface area (Å²) < 4.78 is 5.94. The number of carbonyl (C=O) groups excluding carboxylic acids is 1. The van der Waals surface area contributed by atoms with Crippen molar-refractivity contribution in [2.75, 3.05) is 6.61 Å². The normalized spacial score (nSPS) is 28.5. The summed E-state index contributed by atoms with van der Waals surface area (Å²) >= 11 is 0. The van der Waals surface area contributed by atoms with Gasteiger partial charge in [0, 0.05) is 6.20 Å². The summed E-state index contributed by atoms with van der Waals surface area (Å²) in [5.74, 6) is -0.711. The van der Waals surface area contributed by atoms with E-state index in [1.54, 1.807) is 0 Å². The van der Waals surface area contributed by atoms with Gasteiger partial charge < -0.3 is 20.1 Å². The van der Waals surface area contributed by atoms with Gasteiger partial charge in [0.2, 0.25) is 0 Å². The Hall–Kier alpha value is -2.07. The Labute approximate surface area is 117 Å². The summed E-state index contributed by atoms with van der Waals surface area (Å²) in [6.45, 7) is 2.67. The standard InChI is InChI=1S/C12H14N2O7/c1-2-6(16)5-3-14(12(20)13-10(5)19)11-9(18)8(17)7(4-15)21-11/h2-3,7-9,11,15,17-18H,1,4H2,(H,13,19,20)/t7-,8?,9?,11-/m0/s1. The maximum Gasteiger partial charge on any atom is 0.330 e. The van der Waals surface area contributed by atoms with Crippen LogP contribution < -0.4 is 11.2 Å². The summed E-state index contributed by atoms with van der Waals surface area (Å²) in [7, 11) is 0. The van der Waals surface area contributed by atoms with E-state index in [1.807, 2.05) is 4.98 Å². The molecule has 9 nitrogen and oxygen atoms in total. The fraction of sp³-hybridized carbons (Fsp3) is 0.417. The molecule has 1 aromatic rings. The number of allylic oxidation sites excluding steroid dienone is 1. The van der Waals surface area contributed by atoms with Gasteiger partial charge in [0.25, 0.3) is 5.56 Å². The van der Waals surface area contributed by atoms with E-state index >= 15 is 0 Å². The first-order valence-corrected chi connectivity index (χ1v) is 6.05. The van der Waals surface area contributed by atoms with Crippen LogP contribution in [0.25, 0.3) is 0 Å². The van der Waals surface area contributed by atoms with Gasteiger partial charge >= 0.3 is 5.69 Å². The minimum absolute atomic E-state index is 0.359. The molecule has 2 rings (SSSR count). The molecular weight excluding hydrogens is 284 g/mol. The molecule has 4 atom stereocenters. The molecule has 0 spiro atoms. The van der Waals surface area contributed by atoms with E-state index in [0.29, 0.717) is 0 Å². The van der Waals surface area contributed by atoms with Crippen molar-refractivity contribution in [2.45, 2.75) is 24.5 Å². The zero-order valence-electron chi connectivity index (χ0n) is 10.8. The molecule has 21 heavy (non-hydrogen) atoms.